The third kappa shape index (κ3) is 2.66. The fourth-order valence-electron chi connectivity index (χ4n) is 0.859. The molecule has 1 aromatic carbocycles. The monoisotopic (exact) mass is 244 g/mol. The number of non-ortho nitro benzene ring substituents is 1. The van der Waals surface area contributed by atoms with E-state index in [4.69, 9.17) is 0 Å². The zero-order chi connectivity index (χ0) is 11.5. The molecule has 0 spiro atoms. The van der Waals surface area contributed by atoms with Gasteiger partial charge in [-0.25, -0.2) is 0 Å². The van der Waals surface area contributed by atoms with Crippen molar-refractivity contribution in [2.75, 3.05) is 0 Å². The van der Waals surface area contributed by atoms with E-state index < -0.39 is 14.9 Å². The molecule has 0 atom stereocenters. The molecule has 6 nitrogen and oxygen atoms in total. The second-order valence-corrected chi connectivity index (χ2v) is 4.20. The van der Waals surface area contributed by atoms with Gasteiger partial charge in [0.15, 0.2) is 0 Å². The molecule has 1 aromatic rings. The van der Waals surface area contributed by atoms with Crippen LogP contribution in [-0.4, -0.2) is 18.5 Å². The van der Waals surface area contributed by atoms with Crippen LogP contribution in [0.4, 0.5) is 5.69 Å². The first-order valence-electron chi connectivity index (χ1n) is 3.56. The fourth-order valence-corrected chi connectivity index (χ4v) is 1.88. The summed E-state index contributed by atoms with van der Waals surface area (Å²) >= 11 is 4.15. The number of nitro benzene ring substituents is 1. The number of thiocarbonyl (C=S) groups is 1. The molecule has 0 saturated carbocycles. The topological polar surface area (TPSA) is 89.6 Å². The minimum atomic E-state index is -3.96. The molecule has 0 amide bonds. The van der Waals surface area contributed by atoms with Crippen LogP contribution < -0.4 is 0 Å². The number of sulfonamides is 1. The number of hydrogen-bond donors (Lipinski definition) is 0. The van der Waals surface area contributed by atoms with Gasteiger partial charge in [-0.15, -0.1) is 4.40 Å². The number of hydrogen-bond acceptors (Lipinski definition) is 5. The van der Waals surface area contributed by atoms with Crippen molar-refractivity contribution in [3.8, 4) is 0 Å². The summed E-state index contributed by atoms with van der Waals surface area (Å²) in [6.45, 7) is 0. The minimum Gasteiger partial charge on any atom is -0.258 e. The third-order valence-corrected chi connectivity index (χ3v) is 2.87. The van der Waals surface area contributed by atoms with Crippen LogP contribution in [-0.2, 0) is 10.0 Å². The predicted octanol–water partition coefficient (Wildman–Crippen LogP) is 1.39. The highest BCUT2D eigenvalue weighted by atomic mass is 32.2. The molecule has 0 aliphatic rings. The zero-order valence-corrected chi connectivity index (χ0v) is 8.79. The molecule has 8 heteroatoms. The first-order valence-corrected chi connectivity index (χ1v) is 5.41. The highest BCUT2D eigenvalue weighted by Crippen LogP contribution is 2.18. The van der Waals surface area contributed by atoms with Crippen LogP contribution in [0.15, 0.2) is 33.6 Å². The smallest absolute Gasteiger partial charge is 0.258 e. The fraction of sp³-hybridized carbons (Fsp3) is 0. The lowest BCUT2D eigenvalue weighted by Crippen LogP contribution is -1.97. The molecular formula is C7H4N2O4S2. The van der Waals surface area contributed by atoms with Crippen molar-refractivity contribution >= 4 is 33.1 Å². The lowest BCUT2D eigenvalue weighted by atomic mass is 10.3. The maximum absolute atomic E-state index is 11.3. The van der Waals surface area contributed by atoms with E-state index in [1.54, 1.807) is 5.16 Å². The second kappa shape index (κ2) is 4.26. The van der Waals surface area contributed by atoms with Crippen LogP contribution in [0.3, 0.4) is 0 Å². The average molecular weight is 244 g/mol. The molecule has 0 saturated heterocycles. The lowest BCUT2D eigenvalue weighted by molar-refractivity contribution is -0.385. The van der Waals surface area contributed by atoms with Crippen LogP contribution in [0.25, 0.3) is 0 Å². The number of benzene rings is 1. The maximum atomic E-state index is 11.3. The molecule has 0 aliphatic heterocycles. The SMILES string of the molecule is O=[N+]([O-])c1cccc(S(=O)(=O)N=C=S)c1. The number of isothiocyanates is 1. The van der Waals surface area contributed by atoms with Gasteiger partial charge in [-0.3, -0.25) is 10.1 Å². The van der Waals surface area contributed by atoms with E-state index in [1.807, 2.05) is 0 Å². The van der Waals surface area contributed by atoms with Gasteiger partial charge in [0.25, 0.3) is 15.7 Å². The van der Waals surface area contributed by atoms with Crippen LogP contribution in [0.2, 0.25) is 0 Å². The van der Waals surface area contributed by atoms with Crippen molar-refractivity contribution in [1.29, 1.82) is 0 Å². The van der Waals surface area contributed by atoms with Gasteiger partial charge in [0.1, 0.15) is 0 Å². The quantitative estimate of drug-likeness (QED) is 0.347. The third-order valence-electron chi connectivity index (χ3n) is 1.48. The molecular weight excluding hydrogens is 240 g/mol. The summed E-state index contributed by atoms with van der Waals surface area (Å²) in [5, 5.41) is 12.1. The van der Waals surface area contributed by atoms with E-state index >= 15 is 0 Å². The van der Waals surface area contributed by atoms with Gasteiger partial charge in [-0.05, 0) is 18.3 Å². The van der Waals surface area contributed by atoms with Gasteiger partial charge in [-0.1, -0.05) is 6.07 Å². The van der Waals surface area contributed by atoms with E-state index in [0.29, 0.717) is 0 Å². The molecule has 15 heavy (non-hydrogen) atoms. The van der Waals surface area contributed by atoms with Crippen molar-refractivity contribution in [1.82, 2.24) is 0 Å². The highest BCUT2D eigenvalue weighted by Gasteiger charge is 2.15. The van der Waals surface area contributed by atoms with Crippen LogP contribution >= 0.6 is 12.2 Å². The number of nitrogens with zero attached hydrogens (tertiary/aromatic N) is 2. The number of nitro groups is 1. The molecule has 0 aromatic heterocycles. The van der Waals surface area contributed by atoms with Crippen molar-refractivity contribution in [3.05, 3.63) is 34.4 Å². The van der Waals surface area contributed by atoms with E-state index in [-0.39, 0.29) is 10.6 Å². The van der Waals surface area contributed by atoms with Crippen LogP contribution in [0.1, 0.15) is 0 Å². The molecule has 1 rings (SSSR count). The normalized spacial score (nSPS) is 10.4. The Morgan fingerprint density at radius 3 is 2.67 bits per heavy atom. The molecule has 0 fully saturated rings. The highest BCUT2D eigenvalue weighted by molar-refractivity contribution is 7.91. The Hall–Kier alpha value is -1.63. The van der Waals surface area contributed by atoms with E-state index in [9.17, 15) is 18.5 Å². The van der Waals surface area contributed by atoms with Crippen molar-refractivity contribution in [3.63, 3.8) is 0 Å². The summed E-state index contributed by atoms with van der Waals surface area (Å²) in [7, 11) is -3.96. The summed E-state index contributed by atoms with van der Waals surface area (Å²) in [4.78, 5) is 9.40. The van der Waals surface area contributed by atoms with Crippen molar-refractivity contribution in [2.45, 2.75) is 4.90 Å². The van der Waals surface area contributed by atoms with Gasteiger partial charge in [-0.2, -0.15) is 8.42 Å². The van der Waals surface area contributed by atoms with Gasteiger partial charge in [0.2, 0.25) is 0 Å². The molecule has 78 valence electrons. The zero-order valence-electron chi connectivity index (χ0n) is 7.15. The molecule has 0 aliphatic carbocycles. The Labute approximate surface area is 90.5 Å². The molecule has 0 bridgehead atoms. The summed E-state index contributed by atoms with van der Waals surface area (Å²) in [5.41, 5.74) is -0.323. The Balaban J connectivity index is 3.34. The Morgan fingerprint density at radius 2 is 2.13 bits per heavy atom. The van der Waals surface area contributed by atoms with Gasteiger partial charge < -0.3 is 0 Å². The van der Waals surface area contributed by atoms with Gasteiger partial charge >= 0.3 is 0 Å². The summed E-state index contributed by atoms with van der Waals surface area (Å²) in [6, 6.07) is 4.54. The standard InChI is InChI=1S/C7H4N2O4S2/c10-9(11)6-2-1-3-7(4-6)15(12,13)8-5-14/h1-4H. The van der Waals surface area contributed by atoms with E-state index in [0.717, 1.165) is 6.07 Å². The Bertz CT molecular complexity index is 546. The summed E-state index contributed by atoms with van der Waals surface area (Å²) in [6.07, 6.45) is 0. The summed E-state index contributed by atoms with van der Waals surface area (Å²) in [5.74, 6) is 0. The van der Waals surface area contributed by atoms with Gasteiger partial charge in [0, 0.05) is 12.1 Å². The molecule has 0 unspecified atom stereocenters. The Kier molecular flexibility index (Phi) is 3.25. The lowest BCUT2D eigenvalue weighted by Gasteiger charge is -1.96. The summed E-state index contributed by atoms with van der Waals surface area (Å²) < 4.78 is 25.5. The van der Waals surface area contributed by atoms with Crippen LogP contribution in [0, 0.1) is 10.1 Å². The first-order chi connectivity index (χ1) is 6.97. The van der Waals surface area contributed by atoms with E-state index in [2.05, 4.69) is 16.6 Å². The first kappa shape index (κ1) is 11.4. The maximum Gasteiger partial charge on any atom is 0.290 e. The predicted molar refractivity (Wildman–Crippen MR) is 55.3 cm³/mol. The largest absolute Gasteiger partial charge is 0.290 e. The number of rotatable bonds is 3. The van der Waals surface area contributed by atoms with Crippen molar-refractivity contribution < 1.29 is 13.3 Å². The van der Waals surface area contributed by atoms with Gasteiger partial charge in [0.05, 0.1) is 15.0 Å². The molecule has 0 heterocycles. The minimum absolute atomic E-state index is 0.283. The molecule has 0 radical (unpaired) electrons. The van der Waals surface area contributed by atoms with Crippen molar-refractivity contribution in [2.24, 2.45) is 4.40 Å². The van der Waals surface area contributed by atoms with E-state index in [1.165, 1.54) is 18.2 Å². The second-order valence-electron chi connectivity index (χ2n) is 2.41. The Morgan fingerprint density at radius 1 is 1.47 bits per heavy atom. The molecule has 0 N–H and O–H groups in total. The van der Waals surface area contributed by atoms with Crippen LogP contribution in [0.5, 0.6) is 0 Å². The average Bonchev–Trinajstić information content (AvgIpc) is 2.18.